The Morgan fingerprint density at radius 1 is 1.22 bits per heavy atom. The maximum absolute atomic E-state index is 13.1. The Labute approximate surface area is 186 Å². The molecule has 7 nitrogen and oxygen atoms in total. The molecule has 0 saturated carbocycles. The predicted molar refractivity (Wildman–Crippen MR) is 120 cm³/mol. The number of likely N-dealkylation sites (N-methyl/N-ethyl adjacent to an activating group) is 1. The Morgan fingerprint density at radius 2 is 2.03 bits per heavy atom. The summed E-state index contributed by atoms with van der Waals surface area (Å²) in [5.41, 5.74) is 3.56. The van der Waals surface area contributed by atoms with E-state index in [9.17, 15) is 4.39 Å². The van der Waals surface area contributed by atoms with Crippen LogP contribution >= 0.6 is 0 Å². The lowest BCUT2D eigenvalue weighted by Crippen LogP contribution is -2.37. The molecular weight excluding hydrogens is 411 g/mol. The van der Waals surface area contributed by atoms with E-state index in [1.807, 2.05) is 53.9 Å². The Kier molecular flexibility index (Phi) is 6.39. The number of methoxy groups -OCH3 is 1. The quantitative estimate of drug-likeness (QED) is 0.543. The van der Waals surface area contributed by atoms with Crippen molar-refractivity contribution in [2.24, 2.45) is 5.16 Å². The fourth-order valence-corrected chi connectivity index (χ4v) is 3.32. The number of aromatic nitrogens is 2. The number of oxime groups is 1. The third-order valence-electron chi connectivity index (χ3n) is 5.05. The molecular formula is C24H25FN4O3. The highest BCUT2D eigenvalue weighted by atomic mass is 19.1. The number of hydrogen-bond acceptors (Lipinski definition) is 5. The standard InChI is InChI=1S/C24H25FN4O3/c1-17-14-29(16-26-17)21-9-6-19(12-22(21)30-3)13-23-24(28(2)10-11-31-23)27-32-15-18-4-7-20(25)8-5-18/h4-9,12-14,16H,10-11,15H2,1-3H3/b23-13+,27-24-. The highest BCUT2D eigenvalue weighted by Crippen LogP contribution is 2.26. The molecule has 2 heterocycles. The van der Waals surface area contributed by atoms with Crippen molar-refractivity contribution in [3.63, 3.8) is 0 Å². The first kappa shape index (κ1) is 21.4. The van der Waals surface area contributed by atoms with Crippen molar-refractivity contribution < 1.29 is 18.7 Å². The van der Waals surface area contributed by atoms with Gasteiger partial charge in [0.1, 0.15) is 24.8 Å². The van der Waals surface area contributed by atoms with Crippen molar-refractivity contribution in [3.8, 4) is 11.4 Å². The second kappa shape index (κ2) is 9.55. The summed E-state index contributed by atoms with van der Waals surface area (Å²) in [7, 11) is 3.57. The summed E-state index contributed by atoms with van der Waals surface area (Å²) in [6, 6.07) is 12.0. The highest BCUT2D eigenvalue weighted by Gasteiger charge is 2.21. The summed E-state index contributed by atoms with van der Waals surface area (Å²) >= 11 is 0. The van der Waals surface area contributed by atoms with Gasteiger partial charge in [0.2, 0.25) is 5.84 Å². The SMILES string of the molecule is COc1cc(/C=C2/OCCN(C)/C2=N\OCc2ccc(F)cc2)ccc1-n1cnc(C)c1. The average Bonchev–Trinajstić information content (AvgIpc) is 3.23. The van der Waals surface area contributed by atoms with Crippen LogP contribution < -0.4 is 4.74 Å². The Balaban J connectivity index is 1.56. The summed E-state index contributed by atoms with van der Waals surface area (Å²) in [6.07, 6.45) is 5.60. The maximum Gasteiger partial charge on any atom is 0.210 e. The molecule has 1 aliphatic heterocycles. The van der Waals surface area contributed by atoms with E-state index in [4.69, 9.17) is 14.3 Å². The lowest BCUT2D eigenvalue weighted by Gasteiger charge is -2.28. The van der Waals surface area contributed by atoms with Gasteiger partial charge in [0.25, 0.3) is 0 Å². The van der Waals surface area contributed by atoms with Gasteiger partial charge in [-0.2, -0.15) is 0 Å². The van der Waals surface area contributed by atoms with Crippen LogP contribution in [0.4, 0.5) is 4.39 Å². The Morgan fingerprint density at radius 3 is 2.75 bits per heavy atom. The molecule has 0 spiro atoms. The molecule has 0 radical (unpaired) electrons. The molecule has 2 aromatic carbocycles. The van der Waals surface area contributed by atoms with Crippen molar-refractivity contribution in [2.45, 2.75) is 13.5 Å². The zero-order valence-electron chi connectivity index (χ0n) is 18.3. The largest absolute Gasteiger partial charge is 0.495 e. The van der Waals surface area contributed by atoms with E-state index in [1.54, 1.807) is 25.6 Å². The Bertz CT molecular complexity index is 1140. The maximum atomic E-state index is 13.1. The fraction of sp³-hybridized carbons (Fsp3) is 0.250. The van der Waals surface area contributed by atoms with Crippen LogP contribution in [0.3, 0.4) is 0 Å². The molecule has 1 fully saturated rings. The number of ether oxygens (including phenoxy) is 2. The number of imidazole rings is 1. The van der Waals surface area contributed by atoms with Crippen molar-refractivity contribution in [1.29, 1.82) is 0 Å². The zero-order valence-corrected chi connectivity index (χ0v) is 18.3. The van der Waals surface area contributed by atoms with Crippen LogP contribution in [0.25, 0.3) is 11.8 Å². The monoisotopic (exact) mass is 436 g/mol. The van der Waals surface area contributed by atoms with Crippen molar-refractivity contribution in [2.75, 3.05) is 27.3 Å². The summed E-state index contributed by atoms with van der Waals surface area (Å²) in [5.74, 6) is 1.63. The van der Waals surface area contributed by atoms with Crippen molar-refractivity contribution in [1.82, 2.24) is 14.5 Å². The molecule has 166 valence electrons. The smallest absolute Gasteiger partial charge is 0.210 e. The second-order valence-corrected chi connectivity index (χ2v) is 7.45. The van der Waals surface area contributed by atoms with Gasteiger partial charge < -0.3 is 23.8 Å². The number of morpholine rings is 1. The summed E-state index contributed by atoms with van der Waals surface area (Å²) < 4.78 is 26.5. The lowest BCUT2D eigenvalue weighted by atomic mass is 10.1. The van der Waals surface area contributed by atoms with Crippen LogP contribution in [0.5, 0.6) is 5.75 Å². The van der Waals surface area contributed by atoms with E-state index in [2.05, 4.69) is 10.1 Å². The van der Waals surface area contributed by atoms with E-state index in [1.165, 1.54) is 12.1 Å². The summed E-state index contributed by atoms with van der Waals surface area (Å²) in [5, 5.41) is 4.28. The van der Waals surface area contributed by atoms with Crippen LogP contribution in [0, 0.1) is 12.7 Å². The normalized spacial score (nSPS) is 16.3. The van der Waals surface area contributed by atoms with Gasteiger partial charge in [0.15, 0.2) is 5.76 Å². The van der Waals surface area contributed by atoms with E-state index in [0.717, 1.165) is 22.5 Å². The van der Waals surface area contributed by atoms with Crippen LogP contribution in [0.15, 0.2) is 65.9 Å². The molecule has 0 unspecified atom stereocenters. The van der Waals surface area contributed by atoms with Crippen molar-refractivity contribution >= 4 is 11.9 Å². The minimum atomic E-state index is -0.282. The van der Waals surface area contributed by atoms with Gasteiger partial charge in [-0.25, -0.2) is 9.37 Å². The van der Waals surface area contributed by atoms with Gasteiger partial charge in [-0.1, -0.05) is 23.4 Å². The molecule has 8 heteroatoms. The van der Waals surface area contributed by atoms with Gasteiger partial charge in [-0.05, 0) is 48.4 Å². The first-order chi connectivity index (χ1) is 15.5. The van der Waals surface area contributed by atoms with Crippen LogP contribution in [0.1, 0.15) is 16.8 Å². The molecule has 32 heavy (non-hydrogen) atoms. The van der Waals surface area contributed by atoms with Crippen LogP contribution in [-0.4, -0.2) is 47.6 Å². The first-order valence-corrected chi connectivity index (χ1v) is 10.2. The fourth-order valence-electron chi connectivity index (χ4n) is 3.32. The average molecular weight is 436 g/mol. The van der Waals surface area contributed by atoms with Crippen molar-refractivity contribution in [3.05, 3.63) is 83.4 Å². The number of amidine groups is 1. The van der Waals surface area contributed by atoms with E-state index in [-0.39, 0.29) is 12.4 Å². The number of hydrogen-bond donors (Lipinski definition) is 0. The van der Waals surface area contributed by atoms with Gasteiger partial charge in [0.05, 0.1) is 31.4 Å². The molecule has 4 rings (SSSR count). The highest BCUT2D eigenvalue weighted by molar-refractivity contribution is 6.00. The Hall–Kier alpha value is -3.81. The number of nitrogens with zero attached hydrogens (tertiary/aromatic N) is 4. The number of aryl methyl sites for hydroxylation is 1. The van der Waals surface area contributed by atoms with Crippen LogP contribution in [0.2, 0.25) is 0 Å². The first-order valence-electron chi connectivity index (χ1n) is 10.2. The topological polar surface area (TPSA) is 61.1 Å². The number of benzene rings is 2. The van der Waals surface area contributed by atoms with Gasteiger partial charge in [-0.3, -0.25) is 0 Å². The minimum absolute atomic E-state index is 0.234. The minimum Gasteiger partial charge on any atom is -0.495 e. The molecule has 0 bridgehead atoms. The van der Waals surface area contributed by atoms with E-state index in [0.29, 0.717) is 30.5 Å². The zero-order chi connectivity index (χ0) is 22.5. The number of rotatable bonds is 6. The lowest BCUT2D eigenvalue weighted by molar-refractivity contribution is 0.115. The predicted octanol–water partition coefficient (Wildman–Crippen LogP) is 4.16. The summed E-state index contributed by atoms with van der Waals surface area (Å²) in [6.45, 7) is 3.41. The van der Waals surface area contributed by atoms with Gasteiger partial charge in [-0.15, -0.1) is 0 Å². The molecule has 0 N–H and O–H groups in total. The molecule has 1 aliphatic rings. The molecule has 1 aromatic heterocycles. The van der Waals surface area contributed by atoms with Gasteiger partial charge >= 0.3 is 0 Å². The molecule has 0 atom stereocenters. The molecule has 3 aromatic rings. The molecule has 1 saturated heterocycles. The van der Waals surface area contributed by atoms with Crippen LogP contribution in [-0.2, 0) is 16.2 Å². The second-order valence-electron chi connectivity index (χ2n) is 7.45. The molecule has 0 aliphatic carbocycles. The van der Waals surface area contributed by atoms with E-state index >= 15 is 0 Å². The molecule has 0 amide bonds. The van der Waals surface area contributed by atoms with Gasteiger partial charge in [0, 0.05) is 13.2 Å². The third-order valence-corrected chi connectivity index (χ3v) is 5.05. The summed E-state index contributed by atoms with van der Waals surface area (Å²) in [4.78, 5) is 11.8. The number of halogens is 1. The third kappa shape index (κ3) is 4.91. The van der Waals surface area contributed by atoms with E-state index < -0.39 is 0 Å².